The summed E-state index contributed by atoms with van der Waals surface area (Å²) in [6, 6.07) is 38.4. The van der Waals surface area contributed by atoms with Crippen molar-refractivity contribution in [2.24, 2.45) is 0 Å². The molecule has 4 aromatic carbocycles. The van der Waals surface area contributed by atoms with Crippen molar-refractivity contribution in [1.29, 1.82) is 0 Å². The van der Waals surface area contributed by atoms with Crippen LogP contribution in [0.5, 0.6) is 0 Å². The lowest BCUT2D eigenvalue weighted by atomic mass is 9.90. The molecule has 6 heteroatoms. The smallest absolute Gasteiger partial charge is 0.0714 e. The maximum absolute atomic E-state index is 8.54. The van der Waals surface area contributed by atoms with E-state index in [0.29, 0.717) is 0 Å². The normalized spacial score (nSPS) is 14.3. The lowest BCUT2D eigenvalue weighted by Gasteiger charge is -2.28. The van der Waals surface area contributed by atoms with E-state index in [0.717, 1.165) is 65.4 Å². The summed E-state index contributed by atoms with van der Waals surface area (Å²) in [6.45, 7) is 8.06. The van der Waals surface area contributed by atoms with Crippen molar-refractivity contribution in [3.05, 3.63) is 161 Å². The summed E-state index contributed by atoms with van der Waals surface area (Å²) < 4.78 is 4.63. The zero-order valence-electron chi connectivity index (χ0n) is 24.7. The number of rotatable bonds is 13. The second kappa shape index (κ2) is 15.5. The molecule has 0 bridgehead atoms. The number of nitrogens with zero attached hydrogens (tertiary/aromatic N) is 2. The first kappa shape index (κ1) is 30.5. The minimum absolute atomic E-state index is 0.225. The zero-order chi connectivity index (χ0) is 29.9. The fourth-order valence-electron chi connectivity index (χ4n) is 5.44. The highest BCUT2D eigenvalue weighted by atomic mass is 32.2. The van der Waals surface area contributed by atoms with Gasteiger partial charge in [-0.2, -0.15) is 0 Å². The van der Waals surface area contributed by atoms with Gasteiger partial charge in [-0.1, -0.05) is 121 Å². The van der Waals surface area contributed by atoms with Crippen LogP contribution in [0.15, 0.2) is 144 Å². The summed E-state index contributed by atoms with van der Waals surface area (Å²) in [4.78, 5) is 5.68. The lowest BCUT2D eigenvalue weighted by molar-refractivity contribution is -0.432. The summed E-state index contributed by atoms with van der Waals surface area (Å²) in [7, 11) is 0. The van der Waals surface area contributed by atoms with Crippen molar-refractivity contribution in [1.82, 2.24) is 4.90 Å². The molecule has 0 aliphatic heterocycles. The van der Waals surface area contributed by atoms with Crippen LogP contribution in [0.25, 0.3) is 5.57 Å². The molecule has 5 rings (SSSR count). The molecule has 4 aromatic rings. The molecule has 0 atom stereocenters. The topological polar surface area (TPSA) is 45.2 Å². The van der Waals surface area contributed by atoms with Crippen LogP contribution in [-0.2, 0) is 22.5 Å². The van der Waals surface area contributed by atoms with E-state index in [9.17, 15) is 0 Å². The molecular weight excluding hydrogens is 552 g/mol. The van der Waals surface area contributed by atoms with Gasteiger partial charge in [0.15, 0.2) is 0 Å². The summed E-state index contributed by atoms with van der Waals surface area (Å²) in [5.74, 6) is 0. The van der Waals surface area contributed by atoms with Gasteiger partial charge in [0.25, 0.3) is 0 Å². The van der Waals surface area contributed by atoms with Crippen LogP contribution in [-0.4, -0.2) is 29.3 Å². The monoisotopic (exact) mass is 590 g/mol. The quantitative estimate of drug-likeness (QED) is 0.0953. The fraction of sp³-hybridized carbons (Fsp3) is 0.189. The second-order valence-electron chi connectivity index (χ2n) is 10.4. The Bertz CT molecular complexity index is 1500. The Morgan fingerprint density at radius 1 is 0.698 bits per heavy atom. The second-order valence-corrected chi connectivity index (χ2v) is 11.2. The number of anilines is 1. The fourth-order valence-corrected chi connectivity index (χ4v) is 5.80. The highest BCUT2D eigenvalue weighted by molar-refractivity contribution is 7.94. The van der Waals surface area contributed by atoms with Gasteiger partial charge in [-0.15, -0.1) is 4.33 Å². The standard InChI is InChI=1S/C37H38N2O3S/c1-3-38(27-29-11-7-5-8-12-29)34-21-15-31(16-22-34)37(33-19-25-36(26-20-33)43-42-41-40)32-17-23-35(24-18-32)39(4-2)28-30-13-9-6-10-14-30/h5-26,34,40H,3-4,27-28H2,1-2H3. The number of benzene rings is 4. The molecule has 1 aliphatic carbocycles. The lowest BCUT2D eigenvalue weighted by Crippen LogP contribution is -2.32. The molecule has 0 heterocycles. The van der Waals surface area contributed by atoms with Crippen LogP contribution in [0.3, 0.4) is 0 Å². The van der Waals surface area contributed by atoms with Gasteiger partial charge in [0.1, 0.15) is 0 Å². The Labute approximate surface area is 259 Å². The Hall–Kier alpha value is -3.91. The third-order valence-corrected chi connectivity index (χ3v) is 8.31. The maximum Gasteiger partial charge on any atom is 0.0714 e. The van der Waals surface area contributed by atoms with Crippen molar-refractivity contribution < 1.29 is 14.6 Å². The van der Waals surface area contributed by atoms with E-state index in [4.69, 9.17) is 5.26 Å². The minimum Gasteiger partial charge on any atom is -0.367 e. The number of allylic oxidation sites excluding steroid dienone is 3. The number of likely N-dealkylation sites (N-methyl/N-ethyl adjacent to an activating group) is 1. The first-order valence-electron chi connectivity index (χ1n) is 14.7. The van der Waals surface area contributed by atoms with Crippen molar-refractivity contribution in [3.8, 4) is 0 Å². The van der Waals surface area contributed by atoms with Crippen molar-refractivity contribution in [2.75, 3.05) is 18.0 Å². The SMILES string of the molecule is CCN(Cc1ccccc1)c1ccc(C(=C2C=CC(N(CC)Cc3ccccc3)C=C2)c2ccc(SOOO)cc2)cc1. The van der Waals surface area contributed by atoms with Gasteiger partial charge < -0.3 is 4.90 Å². The van der Waals surface area contributed by atoms with Gasteiger partial charge in [-0.05, 0) is 71.1 Å². The van der Waals surface area contributed by atoms with E-state index < -0.39 is 0 Å². The molecule has 0 spiro atoms. The Morgan fingerprint density at radius 3 is 1.79 bits per heavy atom. The summed E-state index contributed by atoms with van der Waals surface area (Å²) in [5, 5.41) is 12.3. The molecule has 0 radical (unpaired) electrons. The van der Waals surface area contributed by atoms with Crippen LogP contribution in [0.4, 0.5) is 5.69 Å². The molecule has 1 N–H and O–H groups in total. The molecule has 0 unspecified atom stereocenters. The van der Waals surface area contributed by atoms with E-state index >= 15 is 0 Å². The third-order valence-electron chi connectivity index (χ3n) is 7.71. The van der Waals surface area contributed by atoms with Crippen molar-refractivity contribution >= 4 is 23.3 Å². The molecule has 0 amide bonds. The van der Waals surface area contributed by atoms with Gasteiger partial charge in [0, 0.05) is 36.3 Å². The summed E-state index contributed by atoms with van der Waals surface area (Å²) >= 11 is 0.960. The molecular formula is C37H38N2O3S. The number of hydrogen-bond acceptors (Lipinski definition) is 6. The van der Waals surface area contributed by atoms with Crippen LogP contribution in [0.1, 0.15) is 36.1 Å². The Balaban J connectivity index is 1.44. The summed E-state index contributed by atoms with van der Waals surface area (Å²) in [5.41, 5.74) is 8.37. The third kappa shape index (κ3) is 8.14. The molecule has 220 valence electrons. The van der Waals surface area contributed by atoms with E-state index in [1.165, 1.54) is 16.8 Å². The van der Waals surface area contributed by atoms with Crippen LogP contribution in [0.2, 0.25) is 0 Å². The van der Waals surface area contributed by atoms with Gasteiger partial charge >= 0.3 is 0 Å². The molecule has 5 nitrogen and oxygen atoms in total. The van der Waals surface area contributed by atoms with E-state index in [-0.39, 0.29) is 6.04 Å². The van der Waals surface area contributed by atoms with E-state index in [1.54, 1.807) is 0 Å². The van der Waals surface area contributed by atoms with Gasteiger partial charge in [-0.3, -0.25) is 4.90 Å². The van der Waals surface area contributed by atoms with Crippen LogP contribution in [0, 0.1) is 0 Å². The van der Waals surface area contributed by atoms with E-state index in [2.05, 4.69) is 154 Å². The van der Waals surface area contributed by atoms with Gasteiger partial charge in [-0.25, -0.2) is 5.26 Å². The molecule has 0 fully saturated rings. The molecule has 0 aromatic heterocycles. The average Bonchev–Trinajstić information content (AvgIpc) is 3.07. The number of hydrogen-bond donors (Lipinski definition) is 1. The Kier molecular flexibility index (Phi) is 11.0. The Morgan fingerprint density at radius 2 is 1.26 bits per heavy atom. The zero-order valence-corrected chi connectivity index (χ0v) is 25.5. The summed E-state index contributed by atoms with van der Waals surface area (Å²) in [6.07, 6.45) is 9.10. The predicted molar refractivity (Wildman–Crippen MR) is 177 cm³/mol. The maximum atomic E-state index is 8.54. The highest BCUT2D eigenvalue weighted by Crippen LogP contribution is 2.33. The van der Waals surface area contributed by atoms with Crippen molar-refractivity contribution in [2.45, 2.75) is 37.9 Å². The molecule has 0 saturated heterocycles. The van der Waals surface area contributed by atoms with Crippen LogP contribution < -0.4 is 4.90 Å². The van der Waals surface area contributed by atoms with Gasteiger partial charge in [0.2, 0.25) is 0 Å². The van der Waals surface area contributed by atoms with Crippen molar-refractivity contribution in [3.63, 3.8) is 0 Å². The largest absolute Gasteiger partial charge is 0.367 e. The predicted octanol–water partition coefficient (Wildman–Crippen LogP) is 8.96. The first-order valence-corrected chi connectivity index (χ1v) is 15.5. The molecule has 0 saturated carbocycles. The van der Waals surface area contributed by atoms with Crippen LogP contribution >= 0.6 is 12.0 Å². The molecule has 43 heavy (non-hydrogen) atoms. The average molecular weight is 591 g/mol. The first-order chi connectivity index (χ1) is 21.2. The van der Waals surface area contributed by atoms with E-state index in [1.807, 2.05) is 12.1 Å². The molecule has 1 aliphatic rings. The highest BCUT2D eigenvalue weighted by Gasteiger charge is 2.18. The minimum atomic E-state index is 0.225. The van der Waals surface area contributed by atoms with Gasteiger partial charge in [0.05, 0.1) is 12.0 Å².